The zero-order valence-corrected chi connectivity index (χ0v) is 18.1. The molecule has 0 aliphatic carbocycles. The van der Waals surface area contributed by atoms with Crippen molar-refractivity contribution in [3.8, 4) is 0 Å². The number of thiophene rings is 1. The van der Waals surface area contributed by atoms with Crippen molar-refractivity contribution in [1.29, 1.82) is 0 Å². The summed E-state index contributed by atoms with van der Waals surface area (Å²) in [5.41, 5.74) is 3.55. The fourth-order valence-corrected chi connectivity index (χ4v) is 4.68. The number of hydrogen-bond acceptors (Lipinski definition) is 3. The first kappa shape index (κ1) is 20.4. The summed E-state index contributed by atoms with van der Waals surface area (Å²) >= 11 is 1.76. The fourth-order valence-electron chi connectivity index (χ4n) is 3.78. The molecule has 0 radical (unpaired) electrons. The van der Waals surface area contributed by atoms with Crippen LogP contribution in [0.2, 0.25) is 0 Å². The molecular formula is C22H29N3O2S. The molecule has 3 amide bonds. The Bertz CT molecular complexity index is 859. The second-order valence-electron chi connectivity index (χ2n) is 7.79. The topological polar surface area (TPSA) is 43.9 Å². The molecule has 2 heterocycles. The van der Waals surface area contributed by atoms with Gasteiger partial charge in [-0.25, -0.2) is 4.79 Å². The lowest BCUT2D eigenvalue weighted by Gasteiger charge is -2.39. The van der Waals surface area contributed by atoms with E-state index in [1.807, 2.05) is 30.9 Å². The molecule has 28 heavy (non-hydrogen) atoms. The highest BCUT2D eigenvalue weighted by atomic mass is 32.1. The van der Waals surface area contributed by atoms with Gasteiger partial charge in [0.15, 0.2) is 0 Å². The van der Waals surface area contributed by atoms with E-state index in [-0.39, 0.29) is 30.6 Å². The standard InChI is InChI=1S/C22H29N3O2S/c1-15(2)25(22(27)23(4)5)14-20(26)24-12-10-19-18(11-13-28-19)21(24)17-9-7-6-8-16(17)3/h6-9,11,13,15,21H,10,12,14H2,1-5H3/t21-/m1/s1. The maximum absolute atomic E-state index is 13.4. The minimum absolute atomic E-state index is 0.00555. The highest BCUT2D eigenvalue weighted by molar-refractivity contribution is 7.10. The van der Waals surface area contributed by atoms with Gasteiger partial charge in [0.05, 0.1) is 6.04 Å². The third-order valence-electron chi connectivity index (χ3n) is 5.33. The second kappa shape index (κ2) is 8.35. The smallest absolute Gasteiger partial charge is 0.320 e. The van der Waals surface area contributed by atoms with Gasteiger partial charge in [-0.2, -0.15) is 0 Å². The van der Waals surface area contributed by atoms with E-state index >= 15 is 0 Å². The Labute approximate surface area is 171 Å². The van der Waals surface area contributed by atoms with Gasteiger partial charge in [-0.3, -0.25) is 4.79 Å². The number of carbonyl (C=O) groups excluding carboxylic acids is 2. The summed E-state index contributed by atoms with van der Waals surface area (Å²) in [4.78, 5) is 32.4. The van der Waals surface area contributed by atoms with Crippen molar-refractivity contribution < 1.29 is 9.59 Å². The number of urea groups is 1. The summed E-state index contributed by atoms with van der Waals surface area (Å²) in [7, 11) is 3.44. The molecule has 1 aliphatic rings. The van der Waals surface area contributed by atoms with E-state index in [0.717, 1.165) is 12.0 Å². The van der Waals surface area contributed by atoms with Crippen molar-refractivity contribution in [2.24, 2.45) is 0 Å². The Kier molecular flexibility index (Phi) is 6.08. The number of amides is 3. The van der Waals surface area contributed by atoms with Crippen molar-refractivity contribution in [2.45, 2.75) is 39.3 Å². The quantitative estimate of drug-likeness (QED) is 0.782. The Balaban J connectivity index is 1.94. The van der Waals surface area contributed by atoms with E-state index in [4.69, 9.17) is 0 Å². The molecule has 0 unspecified atom stereocenters. The largest absolute Gasteiger partial charge is 0.331 e. The Morgan fingerprint density at radius 1 is 1.18 bits per heavy atom. The molecule has 5 nitrogen and oxygen atoms in total. The minimum atomic E-state index is -0.135. The van der Waals surface area contributed by atoms with E-state index in [1.54, 1.807) is 30.3 Å². The number of carbonyl (C=O) groups is 2. The minimum Gasteiger partial charge on any atom is -0.331 e. The first-order chi connectivity index (χ1) is 13.3. The molecule has 0 saturated heterocycles. The number of benzene rings is 1. The van der Waals surface area contributed by atoms with E-state index < -0.39 is 0 Å². The highest BCUT2D eigenvalue weighted by Gasteiger charge is 2.35. The van der Waals surface area contributed by atoms with Crippen LogP contribution in [0, 0.1) is 6.92 Å². The number of nitrogens with zero attached hydrogens (tertiary/aromatic N) is 3. The van der Waals surface area contributed by atoms with Gasteiger partial charge in [0.25, 0.3) is 0 Å². The van der Waals surface area contributed by atoms with Crippen LogP contribution in [-0.2, 0) is 11.2 Å². The van der Waals surface area contributed by atoms with E-state index in [2.05, 4.69) is 30.5 Å². The average molecular weight is 400 g/mol. The maximum atomic E-state index is 13.4. The number of aryl methyl sites for hydroxylation is 1. The van der Waals surface area contributed by atoms with Crippen LogP contribution < -0.4 is 0 Å². The van der Waals surface area contributed by atoms with Gasteiger partial charge < -0.3 is 14.7 Å². The van der Waals surface area contributed by atoms with Gasteiger partial charge in [0.2, 0.25) is 5.91 Å². The first-order valence-corrected chi connectivity index (χ1v) is 10.6. The molecule has 0 saturated carbocycles. The third-order valence-corrected chi connectivity index (χ3v) is 6.32. The Hall–Kier alpha value is -2.34. The van der Waals surface area contributed by atoms with Crippen LogP contribution >= 0.6 is 11.3 Å². The molecule has 0 N–H and O–H groups in total. The second-order valence-corrected chi connectivity index (χ2v) is 8.79. The molecular weight excluding hydrogens is 370 g/mol. The number of rotatable bonds is 4. The van der Waals surface area contributed by atoms with Crippen molar-refractivity contribution in [3.63, 3.8) is 0 Å². The predicted octanol–water partition coefficient (Wildman–Crippen LogP) is 3.92. The van der Waals surface area contributed by atoms with Crippen molar-refractivity contribution in [3.05, 3.63) is 57.3 Å². The van der Waals surface area contributed by atoms with Gasteiger partial charge >= 0.3 is 6.03 Å². The summed E-state index contributed by atoms with van der Waals surface area (Å²) in [5, 5.41) is 2.11. The summed E-state index contributed by atoms with van der Waals surface area (Å²) in [6.07, 6.45) is 0.866. The van der Waals surface area contributed by atoms with E-state index in [9.17, 15) is 9.59 Å². The van der Waals surface area contributed by atoms with Crippen LogP contribution in [0.5, 0.6) is 0 Å². The third kappa shape index (κ3) is 3.92. The Morgan fingerprint density at radius 2 is 1.89 bits per heavy atom. The van der Waals surface area contributed by atoms with Crippen molar-refractivity contribution in [2.75, 3.05) is 27.2 Å². The summed E-state index contributed by atoms with van der Waals surface area (Å²) in [6.45, 7) is 6.75. The highest BCUT2D eigenvalue weighted by Crippen LogP contribution is 2.39. The number of hydrogen-bond donors (Lipinski definition) is 0. The van der Waals surface area contributed by atoms with Gasteiger partial charge in [-0.1, -0.05) is 24.3 Å². The van der Waals surface area contributed by atoms with Crippen LogP contribution in [0.15, 0.2) is 35.7 Å². The van der Waals surface area contributed by atoms with Gasteiger partial charge in [-0.05, 0) is 55.3 Å². The molecule has 1 aromatic heterocycles. The molecule has 2 aromatic rings. The molecule has 0 spiro atoms. The summed E-state index contributed by atoms with van der Waals surface area (Å²) in [6, 6.07) is 10.1. The SMILES string of the molecule is Cc1ccccc1[C@@H]1c2ccsc2CCN1C(=O)CN(C(=O)N(C)C)C(C)C. The lowest BCUT2D eigenvalue weighted by molar-refractivity contribution is -0.134. The van der Waals surface area contributed by atoms with Crippen LogP contribution in [0.3, 0.4) is 0 Å². The summed E-state index contributed by atoms with van der Waals surface area (Å²) in [5.74, 6) is -0.00555. The molecule has 3 rings (SSSR count). The lowest BCUT2D eigenvalue weighted by Crippen LogP contribution is -2.51. The van der Waals surface area contributed by atoms with Crippen molar-refractivity contribution in [1.82, 2.24) is 14.7 Å². The van der Waals surface area contributed by atoms with Gasteiger partial charge in [-0.15, -0.1) is 11.3 Å². The average Bonchev–Trinajstić information content (AvgIpc) is 3.13. The normalized spacial score (nSPS) is 16.1. The molecule has 1 aromatic carbocycles. The van der Waals surface area contributed by atoms with Gasteiger partial charge in [0.1, 0.15) is 6.54 Å². The number of fused-ring (bicyclic) bond motifs is 1. The van der Waals surface area contributed by atoms with Crippen LogP contribution in [0.1, 0.15) is 41.5 Å². The first-order valence-electron chi connectivity index (χ1n) is 9.70. The fraction of sp³-hybridized carbons (Fsp3) is 0.455. The molecule has 1 aliphatic heterocycles. The monoisotopic (exact) mass is 399 g/mol. The van der Waals surface area contributed by atoms with Crippen LogP contribution in [-0.4, -0.2) is 59.9 Å². The summed E-state index contributed by atoms with van der Waals surface area (Å²) < 4.78 is 0. The van der Waals surface area contributed by atoms with E-state index in [1.165, 1.54) is 20.9 Å². The molecule has 6 heteroatoms. The van der Waals surface area contributed by atoms with Crippen molar-refractivity contribution >= 4 is 23.3 Å². The Morgan fingerprint density at radius 3 is 2.54 bits per heavy atom. The predicted molar refractivity (Wildman–Crippen MR) is 114 cm³/mol. The molecule has 150 valence electrons. The van der Waals surface area contributed by atoms with Crippen LogP contribution in [0.25, 0.3) is 0 Å². The van der Waals surface area contributed by atoms with Crippen LogP contribution in [0.4, 0.5) is 4.79 Å². The van der Waals surface area contributed by atoms with Gasteiger partial charge in [0, 0.05) is 31.6 Å². The maximum Gasteiger partial charge on any atom is 0.320 e. The molecule has 0 fully saturated rings. The zero-order valence-electron chi connectivity index (χ0n) is 17.3. The van der Waals surface area contributed by atoms with E-state index in [0.29, 0.717) is 6.54 Å². The lowest BCUT2D eigenvalue weighted by atomic mass is 9.90. The molecule has 0 bridgehead atoms. The molecule has 1 atom stereocenters. The zero-order chi connectivity index (χ0) is 20.4.